The molecule has 0 spiro atoms. The summed E-state index contributed by atoms with van der Waals surface area (Å²) in [6.45, 7) is 13.4. The molecule has 1 saturated heterocycles. The largest absolute Gasteiger partial charge is 0.393 e. The van der Waals surface area contributed by atoms with Crippen LogP contribution in [0, 0.1) is 5.92 Å². The molecule has 96 valence electrons. The highest BCUT2D eigenvalue weighted by atomic mass is 16.3. The van der Waals surface area contributed by atoms with Gasteiger partial charge in [-0.05, 0) is 47.6 Å². The van der Waals surface area contributed by atoms with E-state index in [4.69, 9.17) is 0 Å². The van der Waals surface area contributed by atoms with Gasteiger partial charge in [0, 0.05) is 17.0 Å². The lowest BCUT2D eigenvalue weighted by Crippen LogP contribution is -2.68. The minimum atomic E-state index is -0.477. The van der Waals surface area contributed by atoms with Crippen LogP contribution < -0.4 is 0 Å². The lowest BCUT2D eigenvalue weighted by molar-refractivity contribution is -0.152. The molecule has 1 heterocycles. The monoisotopic (exact) mass is 229 g/mol. The van der Waals surface area contributed by atoms with Gasteiger partial charge in [-0.25, -0.2) is 0 Å². The van der Waals surface area contributed by atoms with E-state index in [1.165, 1.54) is 0 Å². The van der Waals surface area contributed by atoms with Crippen molar-refractivity contribution in [2.45, 2.75) is 71.2 Å². The molecule has 0 radical (unpaired) electrons. The maximum atomic E-state index is 10.2. The topological polar surface area (TPSA) is 43.7 Å². The van der Waals surface area contributed by atoms with E-state index in [1.54, 1.807) is 6.92 Å². The zero-order chi connectivity index (χ0) is 12.7. The normalized spacial score (nSPS) is 36.0. The lowest BCUT2D eigenvalue weighted by atomic mass is 9.68. The number of hydrogen-bond acceptors (Lipinski definition) is 3. The van der Waals surface area contributed by atoms with Crippen molar-refractivity contribution in [3.63, 3.8) is 0 Å². The second-order valence-electron chi connectivity index (χ2n) is 6.25. The Bertz CT molecular complexity index is 244. The molecule has 1 rings (SSSR count). The Kier molecular flexibility index (Phi) is 3.73. The van der Waals surface area contributed by atoms with Crippen molar-refractivity contribution in [3.05, 3.63) is 0 Å². The summed E-state index contributed by atoms with van der Waals surface area (Å²) in [6, 6.07) is 0. The molecule has 0 aliphatic carbocycles. The molecule has 0 aromatic carbocycles. The van der Waals surface area contributed by atoms with Gasteiger partial charge in [-0.1, -0.05) is 6.92 Å². The summed E-state index contributed by atoms with van der Waals surface area (Å²) in [4.78, 5) is 2.39. The number of rotatable bonds is 2. The second kappa shape index (κ2) is 4.28. The van der Waals surface area contributed by atoms with Gasteiger partial charge in [0.2, 0.25) is 0 Å². The Hall–Kier alpha value is -0.120. The van der Waals surface area contributed by atoms with Crippen LogP contribution in [0.5, 0.6) is 0 Å². The molecule has 0 amide bonds. The molecule has 3 heteroatoms. The minimum absolute atomic E-state index is 0.0109. The van der Waals surface area contributed by atoms with Crippen LogP contribution >= 0.6 is 0 Å². The van der Waals surface area contributed by atoms with Crippen LogP contribution in [-0.2, 0) is 0 Å². The summed E-state index contributed by atoms with van der Waals surface area (Å²) in [6.07, 6.45) is -0.178. The third kappa shape index (κ3) is 2.13. The molecule has 16 heavy (non-hydrogen) atoms. The highest BCUT2D eigenvalue weighted by molar-refractivity contribution is 5.05. The van der Waals surface area contributed by atoms with Gasteiger partial charge >= 0.3 is 0 Å². The Balaban J connectivity index is 3.10. The predicted octanol–water partition coefficient (Wildman–Crippen LogP) is 1.63. The Morgan fingerprint density at radius 2 is 1.81 bits per heavy atom. The highest BCUT2D eigenvalue weighted by Crippen LogP contribution is 2.43. The molecular weight excluding hydrogens is 202 g/mol. The van der Waals surface area contributed by atoms with Crippen LogP contribution in [0.2, 0.25) is 0 Å². The van der Waals surface area contributed by atoms with Gasteiger partial charge in [0.15, 0.2) is 0 Å². The smallest absolute Gasteiger partial charge is 0.0628 e. The van der Waals surface area contributed by atoms with E-state index in [1.807, 2.05) is 0 Å². The van der Waals surface area contributed by atoms with Gasteiger partial charge in [0.05, 0.1) is 12.2 Å². The zero-order valence-corrected chi connectivity index (χ0v) is 11.5. The number of piperidine rings is 1. The Morgan fingerprint density at radius 1 is 1.31 bits per heavy atom. The van der Waals surface area contributed by atoms with Gasteiger partial charge in [-0.3, -0.25) is 4.90 Å². The first-order chi connectivity index (χ1) is 7.14. The molecule has 3 unspecified atom stereocenters. The fourth-order valence-electron chi connectivity index (χ4n) is 3.93. The SMILES string of the molecule is CCN1C(C)(C)CC(O)C(C(C)O)C1(C)C. The number of aliphatic hydroxyl groups is 2. The molecular formula is C13H27NO2. The number of likely N-dealkylation sites (tertiary alicyclic amines) is 1. The van der Waals surface area contributed by atoms with Crippen LogP contribution in [0.25, 0.3) is 0 Å². The van der Waals surface area contributed by atoms with E-state index in [0.717, 1.165) is 13.0 Å². The molecule has 3 nitrogen and oxygen atoms in total. The van der Waals surface area contributed by atoms with Gasteiger partial charge in [-0.15, -0.1) is 0 Å². The fourth-order valence-corrected chi connectivity index (χ4v) is 3.93. The Morgan fingerprint density at radius 3 is 2.19 bits per heavy atom. The molecule has 0 bridgehead atoms. The van der Waals surface area contributed by atoms with Gasteiger partial charge in [-0.2, -0.15) is 0 Å². The highest BCUT2D eigenvalue weighted by Gasteiger charge is 2.51. The molecule has 2 N–H and O–H groups in total. The molecule has 1 fully saturated rings. The van der Waals surface area contributed by atoms with Crippen molar-refractivity contribution in [1.82, 2.24) is 4.90 Å². The van der Waals surface area contributed by atoms with Gasteiger partial charge in [0.1, 0.15) is 0 Å². The molecule has 1 aliphatic heterocycles. The van der Waals surface area contributed by atoms with Crippen molar-refractivity contribution >= 4 is 0 Å². The summed E-state index contributed by atoms with van der Waals surface area (Å²) in [5.74, 6) is -0.0829. The zero-order valence-electron chi connectivity index (χ0n) is 11.5. The number of aliphatic hydroxyl groups excluding tert-OH is 2. The molecule has 3 atom stereocenters. The summed E-state index contributed by atoms with van der Waals surface area (Å²) in [5, 5.41) is 20.1. The van der Waals surface area contributed by atoms with Crippen LogP contribution in [0.3, 0.4) is 0 Å². The van der Waals surface area contributed by atoms with E-state index in [9.17, 15) is 10.2 Å². The molecule has 0 aromatic heterocycles. The van der Waals surface area contributed by atoms with E-state index in [-0.39, 0.29) is 17.0 Å². The molecule has 1 aliphatic rings. The van der Waals surface area contributed by atoms with Crippen molar-refractivity contribution in [3.8, 4) is 0 Å². The van der Waals surface area contributed by atoms with E-state index < -0.39 is 12.2 Å². The first kappa shape index (κ1) is 13.9. The number of hydrogen-bond donors (Lipinski definition) is 2. The van der Waals surface area contributed by atoms with Crippen LogP contribution in [0.4, 0.5) is 0 Å². The van der Waals surface area contributed by atoms with Crippen LogP contribution in [-0.4, -0.2) is 44.9 Å². The molecule has 0 aromatic rings. The summed E-state index contributed by atoms with van der Waals surface area (Å²) < 4.78 is 0. The standard InChI is InChI=1S/C13H27NO2/c1-7-14-12(3,4)8-10(16)11(9(2)15)13(14,5)6/h9-11,15-16H,7-8H2,1-6H3. The third-order valence-corrected chi connectivity index (χ3v) is 4.20. The van der Waals surface area contributed by atoms with Gasteiger partial charge < -0.3 is 10.2 Å². The van der Waals surface area contributed by atoms with Crippen LogP contribution in [0.15, 0.2) is 0 Å². The minimum Gasteiger partial charge on any atom is -0.393 e. The lowest BCUT2D eigenvalue weighted by Gasteiger charge is -2.58. The summed E-state index contributed by atoms with van der Waals surface area (Å²) in [5.41, 5.74) is -0.187. The van der Waals surface area contributed by atoms with Crippen molar-refractivity contribution in [2.75, 3.05) is 6.54 Å². The second-order valence-corrected chi connectivity index (χ2v) is 6.25. The summed E-state index contributed by atoms with van der Waals surface area (Å²) >= 11 is 0. The van der Waals surface area contributed by atoms with E-state index in [0.29, 0.717) is 0 Å². The van der Waals surface area contributed by atoms with Gasteiger partial charge in [0.25, 0.3) is 0 Å². The maximum absolute atomic E-state index is 10.2. The van der Waals surface area contributed by atoms with E-state index >= 15 is 0 Å². The Labute approximate surface area is 99.5 Å². The van der Waals surface area contributed by atoms with Crippen molar-refractivity contribution in [2.24, 2.45) is 5.92 Å². The first-order valence-electron chi connectivity index (χ1n) is 6.28. The predicted molar refractivity (Wildman–Crippen MR) is 66.3 cm³/mol. The average Bonchev–Trinajstić information content (AvgIpc) is 1.97. The number of nitrogens with zero attached hydrogens (tertiary/aromatic N) is 1. The third-order valence-electron chi connectivity index (χ3n) is 4.20. The summed E-state index contributed by atoms with van der Waals surface area (Å²) in [7, 11) is 0. The quantitative estimate of drug-likeness (QED) is 0.756. The van der Waals surface area contributed by atoms with Crippen LogP contribution in [0.1, 0.15) is 48.0 Å². The fraction of sp³-hybridized carbons (Fsp3) is 1.00. The molecule has 0 saturated carbocycles. The average molecular weight is 229 g/mol. The van der Waals surface area contributed by atoms with Crippen molar-refractivity contribution < 1.29 is 10.2 Å². The van der Waals surface area contributed by atoms with E-state index in [2.05, 4.69) is 39.5 Å². The maximum Gasteiger partial charge on any atom is 0.0628 e. The first-order valence-corrected chi connectivity index (χ1v) is 6.28. The van der Waals surface area contributed by atoms with Crippen molar-refractivity contribution in [1.29, 1.82) is 0 Å².